The summed E-state index contributed by atoms with van der Waals surface area (Å²) in [5.41, 5.74) is 2.20. The zero-order valence-electron chi connectivity index (χ0n) is 9.29. The van der Waals surface area contributed by atoms with Crippen LogP contribution in [0.2, 0.25) is 0 Å². The smallest absolute Gasteiger partial charge is 0.0900 e. The number of nitrogens with zero attached hydrogens (tertiary/aromatic N) is 2. The van der Waals surface area contributed by atoms with Crippen molar-refractivity contribution in [2.24, 2.45) is 0 Å². The number of aryl methyl sites for hydroxylation is 2. The van der Waals surface area contributed by atoms with E-state index in [0.29, 0.717) is 13.2 Å². The molecule has 3 nitrogen and oxygen atoms in total. The third-order valence-corrected chi connectivity index (χ3v) is 3.08. The van der Waals surface area contributed by atoms with Crippen LogP contribution >= 0.6 is 15.9 Å². The van der Waals surface area contributed by atoms with E-state index in [1.54, 1.807) is 6.08 Å². The van der Waals surface area contributed by atoms with Gasteiger partial charge in [0.2, 0.25) is 0 Å². The van der Waals surface area contributed by atoms with Crippen LogP contribution in [-0.2, 0) is 24.3 Å². The normalized spacial score (nSPS) is 10.6. The molecule has 0 saturated heterocycles. The highest BCUT2D eigenvalue weighted by atomic mass is 79.9. The highest BCUT2D eigenvalue weighted by Crippen LogP contribution is 2.22. The maximum Gasteiger partial charge on any atom is 0.0900 e. The van der Waals surface area contributed by atoms with E-state index in [2.05, 4.69) is 41.5 Å². The minimum Gasteiger partial charge on any atom is -0.371 e. The molecule has 1 aromatic heterocycles. The number of hydrogen-bond acceptors (Lipinski definition) is 2. The summed E-state index contributed by atoms with van der Waals surface area (Å²) in [4.78, 5) is 0. The predicted molar refractivity (Wildman–Crippen MR) is 64.8 cm³/mol. The molecule has 0 bridgehead atoms. The third-order valence-electron chi connectivity index (χ3n) is 2.17. The molecule has 4 heteroatoms. The Morgan fingerprint density at radius 3 is 2.80 bits per heavy atom. The Bertz CT molecular complexity index is 334. The Morgan fingerprint density at radius 1 is 1.53 bits per heavy atom. The van der Waals surface area contributed by atoms with Crippen LogP contribution < -0.4 is 0 Å². The maximum atomic E-state index is 5.44. The third kappa shape index (κ3) is 2.92. The number of aromatic nitrogens is 2. The number of hydrogen-bond donors (Lipinski definition) is 0. The largest absolute Gasteiger partial charge is 0.371 e. The monoisotopic (exact) mass is 272 g/mol. The highest BCUT2D eigenvalue weighted by Gasteiger charge is 2.13. The molecule has 0 fully saturated rings. The fourth-order valence-corrected chi connectivity index (χ4v) is 2.07. The van der Waals surface area contributed by atoms with Crippen LogP contribution in [0.5, 0.6) is 0 Å². The lowest BCUT2D eigenvalue weighted by Crippen LogP contribution is -2.05. The van der Waals surface area contributed by atoms with E-state index in [9.17, 15) is 0 Å². The molecule has 0 aliphatic carbocycles. The number of rotatable bonds is 6. The minimum absolute atomic E-state index is 0.572. The first-order chi connectivity index (χ1) is 7.24. The van der Waals surface area contributed by atoms with Crippen molar-refractivity contribution in [3.63, 3.8) is 0 Å². The van der Waals surface area contributed by atoms with Gasteiger partial charge in [-0.3, -0.25) is 4.68 Å². The van der Waals surface area contributed by atoms with Crippen molar-refractivity contribution in [3.05, 3.63) is 28.5 Å². The van der Waals surface area contributed by atoms with E-state index in [-0.39, 0.29) is 0 Å². The fraction of sp³-hybridized carbons (Fsp3) is 0.545. The van der Waals surface area contributed by atoms with Crippen molar-refractivity contribution in [1.29, 1.82) is 0 Å². The van der Waals surface area contributed by atoms with Gasteiger partial charge in [-0.15, -0.1) is 6.58 Å². The summed E-state index contributed by atoms with van der Waals surface area (Å²) in [7, 11) is 0. The molecule has 0 aliphatic heterocycles. The summed E-state index contributed by atoms with van der Waals surface area (Å²) in [5, 5.41) is 4.49. The van der Waals surface area contributed by atoms with Gasteiger partial charge < -0.3 is 4.74 Å². The minimum atomic E-state index is 0.572. The van der Waals surface area contributed by atoms with Gasteiger partial charge in [0.15, 0.2) is 0 Å². The second-order valence-corrected chi connectivity index (χ2v) is 3.97. The second-order valence-electron chi connectivity index (χ2n) is 3.18. The lowest BCUT2D eigenvalue weighted by atomic mass is 10.3. The van der Waals surface area contributed by atoms with Crippen molar-refractivity contribution >= 4 is 15.9 Å². The summed E-state index contributed by atoms with van der Waals surface area (Å²) in [5.74, 6) is 0. The number of halogens is 1. The van der Waals surface area contributed by atoms with Gasteiger partial charge in [0.05, 0.1) is 29.1 Å². The Balaban J connectivity index is 2.83. The van der Waals surface area contributed by atoms with E-state index in [4.69, 9.17) is 4.74 Å². The van der Waals surface area contributed by atoms with Crippen molar-refractivity contribution < 1.29 is 4.74 Å². The average Bonchev–Trinajstić information content (AvgIpc) is 2.56. The van der Waals surface area contributed by atoms with Crippen LogP contribution in [-0.4, -0.2) is 16.4 Å². The highest BCUT2D eigenvalue weighted by molar-refractivity contribution is 9.10. The lowest BCUT2D eigenvalue weighted by molar-refractivity contribution is 0.141. The number of ether oxygens (including phenoxy) is 1. The quantitative estimate of drug-likeness (QED) is 0.588. The summed E-state index contributed by atoms with van der Waals surface area (Å²) >= 11 is 3.57. The van der Waals surface area contributed by atoms with Gasteiger partial charge in [-0.05, 0) is 29.3 Å². The van der Waals surface area contributed by atoms with E-state index >= 15 is 0 Å². The van der Waals surface area contributed by atoms with Gasteiger partial charge in [-0.25, -0.2) is 0 Å². The first-order valence-electron chi connectivity index (χ1n) is 5.17. The standard InChI is InChI=1S/C11H17BrN2O/c1-4-7-15-8-10-11(12)9(5-2)13-14(10)6-3/h4H,1,5-8H2,2-3H3. The zero-order valence-corrected chi connectivity index (χ0v) is 10.9. The van der Waals surface area contributed by atoms with Gasteiger partial charge >= 0.3 is 0 Å². The van der Waals surface area contributed by atoms with Crippen molar-refractivity contribution in [2.45, 2.75) is 33.4 Å². The van der Waals surface area contributed by atoms with Gasteiger partial charge in [0.25, 0.3) is 0 Å². The Morgan fingerprint density at radius 2 is 2.27 bits per heavy atom. The van der Waals surface area contributed by atoms with Gasteiger partial charge in [0.1, 0.15) is 0 Å². The first kappa shape index (κ1) is 12.5. The molecule has 0 aromatic carbocycles. The summed E-state index contributed by atoms with van der Waals surface area (Å²) < 4.78 is 8.50. The van der Waals surface area contributed by atoms with Gasteiger partial charge in [-0.2, -0.15) is 5.10 Å². The molecule has 0 saturated carbocycles. The van der Waals surface area contributed by atoms with E-state index < -0.39 is 0 Å². The summed E-state index contributed by atoms with van der Waals surface area (Å²) in [6.45, 7) is 9.81. The molecule has 1 rings (SSSR count). The van der Waals surface area contributed by atoms with Crippen LogP contribution in [0.3, 0.4) is 0 Å². The molecule has 0 aliphatic rings. The molecule has 15 heavy (non-hydrogen) atoms. The molecule has 0 amide bonds. The van der Waals surface area contributed by atoms with E-state index in [0.717, 1.165) is 28.8 Å². The van der Waals surface area contributed by atoms with Crippen LogP contribution in [0.25, 0.3) is 0 Å². The summed E-state index contributed by atoms with van der Waals surface area (Å²) in [6, 6.07) is 0. The molecule has 0 unspecified atom stereocenters. The molecular weight excluding hydrogens is 256 g/mol. The Labute approximate surface area is 99.2 Å². The molecule has 0 N–H and O–H groups in total. The van der Waals surface area contributed by atoms with Gasteiger partial charge in [0, 0.05) is 6.54 Å². The summed E-state index contributed by atoms with van der Waals surface area (Å²) in [6.07, 6.45) is 2.68. The SMILES string of the molecule is C=CCOCc1c(Br)c(CC)nn1CC. The second kappa shape index (κ2) is 6.08. The van der Waals surface area contributed by atoms with Crippen LogP contribution in [0.1, 0.15) is 25.2 Å². The van der Waals surface area contributed by atoms with E-state index in [1.807, 2.05) is 4.68 Å². The fourth-order valence-electron chi connectivity index (χ4n) is 1.39. The van der Waals surface area contributed by atoms with Crippen LogP contribution in [0.15, 0.2) is 17.1 Å². The van der Waals surface area contributed by atoms with E-state index in [1.165, 1.54) is 0 Å². The predicted octanol–water partition coefficient (Wildman–Crippen LogP) is 2.93. The van der Waals surface area contributed by atoms with Crippen molar-refractivity contribution in [3.8, 4) is 0 Å². The Kier molecular flexibility index (Phi) is 5.05. The lowest BCUT2D eigenvalue weighted by Gasteiger charge is -2.04. The molecule has 0 radical (unpaired) electrons. The van der Waals surface area contributed by atoms with Crippen LogP contribution in [0, 0.1) is 0 Å². The topological polar surface area (TPSA) is 27.1 Å². The molecular formula is C11H17BrN2O. The van der Waals surface area contributed by atoms with Gasteiger partial charge in [-0.1, -0.05) is 13.0 Å². The molecule has 0 spiro atoms. The first-order valence-corrected chi connectivity index (χ1v) is 5.96. The molecule has 0 atom stereocenters. The zero-order chi connectivity index (χ0) is 11.3. The Hall–Kier alpha value is -0.610. The molecule has 1 aromatic rings. The molecule has 84 valence electrons. The van der Waals surface area contributed by atoms with Crippen molar-refractivity contribution in [1.82, 2.24) is 9.78 Å². The maximum absolute atomic E-state index is 5.44. The van der Waals surface area contributed by atoms with Crippen LogP contribution in [0.4, 0.5) is 0 Å². The van der Waals surface area contributed by atoms with Crippen molar-refractivity contribution in [2.75, 3.05) is 6.61 Å². The average molecular weight is 273 g/mol. The molecule has 1 heterocycles.